The van der Waals surface area contributed by atoms with Gasteiger partial charge in [-0.05, 0) is 45.9 Å². The van der Waals surface area contributed by atoms with Crippen molar-refractivity contribution in [2.24, 2.45) is 0 Å². The minimum Gasteiger partial charge on any atom is -0.399 e. The second-order valence-electron chi connectivity index (χ2n) is 5.58. The Bertz CT molecular complexity index is 489. The van der Waals surface area contributed by atoms with Crippen molar-refractivity contribution in [1.82, 2.24) is 0 Å². The zero-order valence-corrected chi connectivity index (χ0v) is 11.5. The van der Waals surface area contributed by atoms with Gasteiger partial charge in [-0.2, -0.15) is 0 Å². The number of halogens is 1. The fraction of sp³-hybridized carbons (Fsp3) is 0.462. The first-order chi connectivity index (χ1) is 8.77. The van der Waals surface area contributed by atoms with Crippen molar-refractivity contribution in [3.05, 3.63) is 24.0 Å². The molecule has 1 fully saturated rings. The van der Waals surface area contributed by atoms with Gasteiger partial charge in [0.05, 0.1) is 11.2 Å². The van der Waals surface area contributed by atoms with E-state index < -0.39 is 24.1 Å². The van der Waals surface area contributed by atoms with Crippen LogP contribution in [0.15, 0.2) is 18.2 Å². The molecule has 1 heterocycles. The van der Waals surface area contributed by atoms with E-state index in [9.17, 15) is 9.18 Å². The van der Waals surface area contributed by atoms with E-state index in [-0.39, 0.29) is 0 Å². The maximum atomic E-state index is 13.4. The first kappa shape index (κ1) is 14.0. The lowest BCUT2D eigenvalue weighted by molar-refractivity contribution is -0.105. The molecule has 1 aliphatic rings. The molecule has 1 saturated heterocycles. The molecular formula is C13H17BFNO3. The molecule has 102 valence electrons. The van der Waals surface area contributed by atoms with Crippen LogP contribution in [0.4, 0.5) is 10.1 Å². The van der Waals surface area contributed by atoms with E-state index in [1.165, 1.54) is 18.2 Å². The zero-order valence-electron chi connectivity index (χ0n) is 11.5. The minimum absolute atomic E-state index is 0.402. The van der Waals surface area contributed by atoms with Crippen LogP contribution in [0.5, 0.6) is 0 Å². The first-order valence-corrected chi connectivity index (χ1v) is 6.12. The molecule has 1 aliphatic heterocycles. The fourth-order valence-electron chi connectivity index (χ4n) is 1.89. The molecule has 0 bridgehead atoms. The van der Waals surface area contributed by atoms with Gasteiger partial charge in [-0.15, -0.1) is 0 Å². The summed E-state index contributed by atoms with van der Waals surface area (Å²) in [6.45, 7) is 7.66. The van der Waals surface area contributed by atoms with Crippen LogP contribution >= 0.6 is 0 Å². The number of anilines is 1. The maximum Gasteiger partial charge on any atom is 0.497 e. The van der Waals surface area contributed by atoms with Gasteiger partial charge >= 0.3 is 7.12 Å². The van der Waals surface area contributed by atoms with Crippen molar-refractivity contribution in [1.29, 1.82) is 0 Å². The van der Waals surface area contributed by atoms with Crippen molar-refractivity contribution in [2.75, 3.05) is 5.32 Å². The van der Waals surface area contributed by atoms with Crippen LogP contribution in [0.1, 0.15) is 27.7 Å². The molecule has 0 aromatic heterocycles. The van der Waals surface area contributed by atoms with Crippen molar-refractivity contribution < 1.29 is 18.5 Å². The SMILES string of the molecule is CC1(C)OB(c2cc(F)ccc2NC=O)OC1(C)C. The third-order valence-electron chi connectivity index (χ3n) is 3.74. The van der Waals surface area contributed by atoms with Gasteiger partial charge in [-0.25, -0.2) is 4.39 Å². The van der Waals surface area contributed by atoms with Gasteiger partial charge in [0.15, 0.2) is 0 Å². The van der Waals surface area contributed by atoms with Gasteiger partial charge in [0.2, 0.25) is 6.41 Å². The Kier molecular flexibility index (Phi) is 3.41. The molecule has 1 aromatic carbocycles. The van der Waals surface area contributed by atoms with Crippen LogP contribution in [0, 0.1) is 5.82 Å². The largest absolute Gasteiger partial charge is 0.497 e. The van der Waals surface area contributed by atoms with E-state index in [1.807, 2.05) is 27.7 Å². The molecular weight excluding hydrogens is 248 g/mol. The molecule has 0 aliphatic carbocycles. The Labute approximate surface area is 112 Å². The summed E-state index contributed by atoms with van der Waals surface area (Å²) in [6.07, 6.45) is 0.544. The minimum atomic E-state index is -0.705. The molecule has 0 atom stereocenters. The lowest BCUT2D eigenvalue weighted by atomic mass is 9.77. The summed E-state index contributed by atoms with van der Waals surface area (Å²) in [6, 6.07) is 4.08. The molecule has 0 spiro atoms. The normalized spacial score (nSPS) is 20.4. The quantitative estimate of drug-likeness (QED) is 0.668. The second kappa shape index (κ2) is 4.61. The predicted octanol–water partition coefficient (Wildman–Crippen LogP) is 1.69. The van der Waals surface area contributed by atoms with Gasteiger partial charge in [0.1, 0.15) is 5.82 Å². The van der Waals surface area contributed by atoms with Crippen molar-refractivity contribution >= 4 is 24.7 Å². The van der Waals surface area contributed by atoms with E-state index in [0.717, 1.165) is 0 Å². The highest BCUT2D eigenvalue weighted by Gasteiger charge is 2.52. The van der Waals surface area contributed by atoms with Gasteiger partial charge in [-0.1, -0.05) is 0 Å². The molecule has 1 N–H and O–H groups in total. The molecule has 4 nitrogen and oxygen atoms in total. The Balaban J connectivity index is 2.38. The number of hydrogen-bond donors (Lipinski definition) is 1. The highest BCUT2D eigenvalue weighted by Crippen LogP contribution is 2.37. The van der Waals surface area contributed by atoms with Gasteiger partial charge in [0, 0.05) is 11.2 Å². The third-order valence-corrected chi connectivity index (χ3v) is 3.74. The number of nitrogens with one attached hydrogen (secondary N) is 1. The molecule has 19 heavy (non-hydrogen) atoms. The van der Waals surface area contributed by atoms with Crippen LogP contribution in [0.3, 0.4) is 0 Å². The molecule has 1 amide bonds. The monoisotopic (exact) mass is 265 g/mol. The number of carbonyl (C=O) groups is 1. The van der Waals surface area contributed by atoms with Gasteiger partial charge < -0.3 is 14.6 Å². The van der Waals surface area contributed by atoms with E-state index in [0.29, 0.717) is 17.6 Å². The van der Waals surface area contributed by atoms with E-state index in [2.05, 4.69) is 5.32 Å². The molecule has 0 unspecified atom stereocenters. The number of amides is 1. The van der Waals surface area contributed by atoms with Crippen LogP contribution in [-0.2, 0) is 14.1 Å². The highest BCUT2D eigenvalue weighted by molar-refractivity contribution is 6.64. The molecule has 1 aromatic rings. The average molecular weight is 265 g/mol. The lowest BCUT2D eigenvalue weighted by Crippen LogP contribution is -2.41. The topological polar surface area (TPSA) is 47.6 Å². The Morgan fingerprint density at radius 3 is 2.32 bits per heavy atom. The molecule has 0 radical (unpaired) electrons. The van der Waals surface area contributed by atoms with Crippen molar-refractivity contribution in [3.8, 4) is 0 Å². The summed E-state index contributed by atoms with van der Waals surface area (Å²) in [4.78, 5) is 10.6. The summed E-state index contributed by atoms with van der Waals surface area (Å²) in [5.74, 6) is -0.402. The summed E-state index contributed by atoms with van der Waals surface area (Å²) in [5, 5.41) is 2.53. The third kappa shape index (κ3) is 2.50. The maximum absolute atomic E-state index is 13.4. The van der Waals surface area contributed by atoms with Gasteiger partial charge in [-0.3, -0.25) is 4.79 Å². The number of hydrogen-bond acceptors (Lipinski definition) is 3. The fourth-order valence-corrected chi connectivity index (χ4v) is 1.89. The number of carbonyl (C=O) groups excluding carboxylic acids is 1. The molecule has 6 heteroatoms. The highest BCUT2D eigenvalue weighted by atomic mass is 19.1. The summed E-state index contributed by atoms with van der Waals surface area (Å²) in [5.41, 5.74) is -0.0640. The van der Waals surface area contributed by atoms with Crippen LogP contribution in [0.25, 0.3) is 0 Å². The zero-order chi connectivity index (χ0) is 14.3. The van der Waals surface area contributed by atoms with E-state index in [4.69, 9.17) is 9.31 Å². The second-order valence-corrected chi connectivity index (χ2v) is 5.58. The standard InChI is InChI=1S/C13H17BFNO3/c1-12(2)13(3,4)19-14(18-12)10-7-9(15)5-6-11(10)16-8-17/h5-8H,1-4H3,(H,16,17). The van der Waals surface area contributed by atoms with Crippen LogP contribution in [-0.4, -0.2) is 24.7 Å². The summed E-state index contributed by atoms with van der Waals surface area (Å²) < 4.78 is 25.1. The molecule has 2 rings (SSSR count). The van der Waals surface area contributed by atoms with Gasteiger partial charge in [0.25, 0.3) is 0 Å². The lowest BCUT2D eigenvalue weighted by Gasteiger charge is -2.32. The van der Waals surface area contributed by atoms with E-state index >= 15 is 0 Å². The Morgan fingerprint density at radius 2 is 1.79 bits per heavy atom. The molecule has 0 saturated carbocycles. The van der Waals surface area contributed by atoms with Crippen molar-refractivity contribution in [3.63, 3.8) is 0 Å². The average Bonchev–Trinajstić information content (AvgIpc) is 2.51. The van der Waals surface area contributed by atoms with Crippen molar-refractivity contribution in [2.45, 2.75) is 38.9 Å². The Hall–Kier alpha value is -1.40. The van der Waals surface area contributed by atoms with Crippen LogP contribution < -0.4 is 10.8 Å². The summed E-state index contributed by atoms with van der Waals surface area (Å²) in [7, 11) is -0.705. The number of benzene rings is 1. The van der Waals surface area contributed by atoms with E-state index in [1.54, 1.807) is 0 Å². The smallest absolute Gasteiger partial charge is 0.399 e. The summed E-state index contributed by atoms with van der Waals surface area (Å²) >= 11 is 0. The Morgan fingerprint density at radius 1 is 1.21 bits per heavy atom. The predicted molar refractivity (Wildman–Crippen MR) is 71.8 cm³/mol. The number of rotatable bonds is 3. The van der Waals surface area contributed by atoms with Crippen LogP contribution in [0.2, 0.25) is 0 Å². The first-order valence-electron chi connectivity index (χ1n) is 6.12.